The molecular formula is C15H23N3. The molecule has 3 heterocycles. The van der Waals surface area contributed by atoms with Crippen LogP contribution in [0.5, 0.6) is 0 Å². The molecule has 1 N–H and O–H groups in total. The third-order valence-electron chi connectivity index (χ3n) is 4.42. The van der Waals surface area contributed by atoms with Crippen molar-refractivity contribution < 1.29 is 0 Å². The third-order valence-corrected chi connectivity index (χ3v) is 4.42. The largest absolute Gasteiger partial charge is 0.356 e. The first kappa shape index (κ1) is 12.0. The van der Waals surface area contributed by atoms with Crippen LogP contribution in [0.2, 0.25) is 0 Å². The molecule has 0 aromatic carbocycles. The molecule has 1 spiro atoms. The van der Waals surface area contributed by atoms with Crippen molar-refractivity contribution in [2.24, 2.45) is 5.41 Å². The number of nitrogens with one attached hydrogen (secondary N) is 1. The molecule has 98 valence electrons. The lowest BCUT2D eigenvalue weighted by Crippen LogP contribution is -2.51. The molecule has 18 heavy (non-hydrogen) atoms. The quantitative estimate of drug-likeness (QED) is 0.823. The molecule has 3 heteroatoms. The molecule has 1 aromatic rings. The van der Waals surface area contributed by atoms with Crippen molar-refractivity contribution in [2.45, 2.75) is 32.6 Å². The zero-order chi connectivity index (χ0) is 12.4. The average molecular weight is 245 g/mol. The highest BCUT2D eigenvalue weighted by Crippen LogP contribution is 2.37. The second kappa shape index (κ2) is 4.88. The summed E-state index contributed by atoms with van der Waals surface area (Å²) in [6.07, 6.45) is 5.39. The highest BCUT2D eigenvalue weighted by Gasteiger charge is 2.36. The first-order valence-electron chi connectivity index (χ1n) is 7.17. The zero-order valence-corrected chi connectivity index (χ0v) is 11.3. The Kier molecular flexibility index (Phi) is 3.25. The number of pyridine rings is 1. The Balaban J connectivity index is 1.77. The minimum absolute atomic E-state index is 0.502. The molecule has 0 aliphatic carbocycles. The maximum absolute atomic E-state index is 4.68. The van der Waals surface area contributed by atoms with Crippen LogP contribution in [0.1, 0.15) is 31.4 Å². The fourth-order valence-corrected chi connectivity index (χ4v) is 3.49. The molecule has 3 rings (SSSR count). The van der Waals surface area contributed by atoms with E-state index in [1.165, 1.54) is 51.1 Å². The molecule has 2 saturated heterocycles. The van der Waals surface area contributed by atoms with Gasteiger partial charge in [-0.15, -0.1) is 0 Å². The maximum Gasteiger partial charge on any atom is 0.128 e. The molecule has 0 saturated carbocycles. The summed E-state index contributed by atoms with van der Waals surface area (Å²) in [5, 5.41) is 3.58. The molecule has 0 bridgehead atoms. The van der Waals surface area contributed by atoms with Gasteiger partial charge < -0.3 is 10.2 Å². The second-order valence-electron chi connectivity index (χ2n) is 5.94. The molecule has 0 amide bonds. The first-order chi connectivity index (χ1) is 8.77. The van der Waals surface area contributed by atoms with Gasteiger partial charge in [-0.05, 0) is 51.3 Å². The van der Waals surface area contributed by atoms with E-state index in [-0.39, 0.29) is 0 Å². The van der Waals surface area contributed by atoms with Crippen molar-refractivity contribution in [3.05, 3.63) is 23.9 Å². The van der Waals surface area contributed by atoms with Crippen LogP contribution in [0, 0.1) is 12.3 Å². The van der Waals surface area contributed by atoms with Gasteiger partial charge in [0.1, 0.15) is 5.82 Å². The van der Waals surface area contributed by atoms with E-state index in [2.05, 4.69) is 40.3 Å². The van der Waals surface area contributed by atoms with Crippen molar-refractivity contribution >= 4 is 5.82 Å². The van der Waals surface area contributed by atoms with Crippen molar-refractivity contribution in [3.63, 3.8) is 0 Å². The van der Waals surface area contributed by atoms with Gasteiger partial charge in [-0.2, -0.15) is 0 Å². The fraction of sp³-hybridized carbons (Fsp3) is 0.667. The van der Waals surface area contributed by atoms with Gasteiger partial charge >= 0.3 is 0 Å². The van der Waals surface area contributed by atoms with Crippen LogP contribution in [0.25, 0.3) is 0 Å². The van der Waals surface area contributed by atoms with Crippen LogP contribution in [-0.2, 0) is 0 Å². The van der Waals surface area contributed by atoms with E-state index >= 15 is 0 Å². The maximum atomic E-state index is 4.68. The summed E-state index contributed by atoms with van der Waals surface area (Å²) in [7, 11) is 0. The van der Waals surface area contributed by atoms with Gasteiger partial charge in [-0.1, -0.05) is 6.07 Å². The van der Waals surface area contributed by atoms with E-state index in [9.17, 15) is 0 Å². The van der Waals surface area contributed by atoms with Gasteiger partial charge in [0, 0.05) is 30.7 Å². The summed E-state index contributed by atoms with van der Waals surface area (Å²) in [6, 6.07) is 6.35. The molecule has 1 atom stereocenters. The Hall–Kier alpha value is -1.09. The van der Waals surface area contributed by atoms with Crippen LogP contribution in [0.3, 0.4) is 0 Å². The number of anilines is 1. The average Bonchev–Trinajstić information content (AvgIpc) is 2.40. The fourth-order valence-electron chi connectivity index (χ4n) is 3.49. The van der Waals surface area contributed by atoms with E-state index < -0.39 is 0 Å². The third kappa shape index (κ3) is 2.37. The van der Waals surface area contributed by atoms with Crippen LogP contribution in [0.15, 0.2) is 18.2 Å². The summed E-state index contributed by atoms with van der Waals surface area (Å²) in [4.78, 5) is 7.17. The molecule has 0 radical (unpaired) electrons. The number of aromatic nitrogens is 1. The summed E-state index contributed by atoms with van der Waals surface area (Å²) in [5.41, 5.74) is 1.62. The molecule has 2 fully saturated rings. The summed E-state index contributed by atoms with van der Waals surface area (Å²) >= 11 is 0. The Morgan fingerprint density at radius 2 is 2.17 bits per heavy atom. The first-order valence-corrected chi connectivity index (χ1v) is 7.17. The monoisotopic (exact) mass is 245 g/mol. The standard InChI is InChI=1S/C15H23N3/c1-13-5-2-6-14(17-13)18-10-4-8-15(12-18)7-3-9-16-11-15/h2,5-6,16H,3-4,7-12H2,1H3. The Labute approximate surface area is 110 Å². The van der Waals surface area contributed by atoms with Crippen molar-refractivity contribution in [2.75, 3.05) is 31.1 Å². The minimum atomic E-state index is 0.502. The number of aryl methyl sites for hydroxylation is 1. The van der Waals surface area contributed by atoms with Gasteiger partial charge in [-0.25, -0.2) is 4.98 Å². The van der Waals surface area contributed by atoms with Crippen LogP contribution in [0.4, 0.5) is 5.82 Å². The van der Waals surface area contributed by atoms with Crippen LogP contribution in [-0.4, -0.2) is 31.2 Å². The van der Waals surface area contributed by atoms with Crippen molar-refractivity contribution in [1.82, 2.24) is 10.3 Å². The van der Waals surface area contributed by atoms with Gasteiger partial charge in [0.2, 0.25) is 0 Å². The zero-order valence-electron chi connectivity index (χ0n) is 11.3. The highest BCUT2D eigenvalue weighted by atomic mass is 15.2. The Morgan fingerprint density at radius 1 is 1.28 bits per heavy atom. The number of hydrogen-bond acceptors (Lipinski definition) is 3. The summed E-state index contributed by atoms with van der Waals surface area (Å²) in [5.74, 6) is 1.17. The number of rotatable bonds is 1. The highest BCUT2D eigenvalue weighted by molar-refractivity contribution is 5.40. The lowest BCUT2D eigenvalue weighted by Gasteiger charge is -2.45. The number of piperidine rings is 2. The van der Waals surface area contributed by atoms with Gasteiger partial charge in [0.25, 0.3) is 0 Å². The predicted octanol–water partition coefficient (Wildman–Crippen LogP) is 2.36. The van der Waals surface area contributed by atoms with Gasteiger partial charge in [0.15, 0.2) is 0 Å². The van der Waals surface area contributed by atoms with E-state index in [0.29, 0.717) is 5.41 Å². The molecule has 1 aromatic heterocycles. The van der Waals surface area contributed by atoms with E-state index in [4.69, 9.17) is 0 Å². The van der Waals surface area contributed by atoms with E-state index in [1.54, 1.807) is 0 Å². The molecular weight excluding hydrogens is 222 g/mol. The predicted molar refractivity (Wildman–Crippen MR) is 75.0 cm³/mol. The second-order valence-corrected chi connectivity index (χ2v) is 5.94. The SMILES string of the molecule is Cc1cccc(N2CCCC3(CCCNC3)C2)n1. The van der Waals surface area contributed by atoms with E-state index in [0.717, 1.165) is 12.2 Å². The van der Waals surface area contributed by atoms with Gasteiger partial charge in [-0.3, -0.25) is 0 Å². The van der Waals surface area contributed by atoms with Crippen molar-refractivity contribution in [1.29, 1.82) is 0 Å². The molecule has 3 nitrogen and oxygen atoms in total. The minimum Gasteiger partial charge on any atom is -0.356 e. The number of hydrogen-bond donors (Lipinski definition) is 1. The smallest absolute Gasteiger partial charge is 0.128 e. The normalized spacial score (nSPS) is 28.6. The van der Waals surface area contributed by atoms with Crippen LogP contribution >= 0.6 is 0 Å². The summed E-state index contributed by atoms with van der Waals surface area (Å²) in [6.45, 7) is 6.81. The Bertz CT molecular complexity index is 404. The summed E-state index contributed by atoms with van der Waals surface area (Å²) < 4.78 is 0. The Morgan fingerprint density at radius 3 is 2.94 bits per heavy atom. The van der Waals surface area contributed by atoms with Crippen molar-refractivity contribution in [3.8, 4) is 0 Å². The molecule has 2 aliphatic rings. The number of nitrogens with zero attached hydrogens (tertiary/aromatic N) is 2. The molecule has 2 aliphatic heterocycles. The topological polar surface area (TPSA) is 28.2 Å². The molecule has 1 unspecified atom stereocenters. The lowest BCUT2D eigenvalue weighted by atomic mass is 9.74. The van der Waals surface area contributed by atoms with E-state index in [1.807, 2.05) is 0 Å². The van der Waals surface area contributed by atoms with Gasteiger partial charge in [0.05, 0.1) is 0 Å². The van der Waals surface area contributed by atoms with Crippen LogP contribution < -0.4 is 10.2 Å². The lowest BCUT2D eigenvalue weighted by molar-refractivity contribution is 0.173.